The van der Waals surface area contributed by atoms with E-state index in [4.69, 9.17) is 0 Å². The molecule has 0 saturated carbocycles. The van der Waals surface area contributed by atoms with E-state index in [2.05, 4.69) is 20.1 Å². The smallest absolute Gasteiger partial charge is 0.261 e. The first-order valence-electron chi connectivity index (χ1n) is 10.1. The van der Waals surface area contributed by atoms with Gasteiger partial charge in [0.05, 0.1) is 10.6 Å². The lowest BCUT2D eigenvalue weighted by Crippen LogP contribution is -2.13. The Morgan fingerprint density at radius 1 is 0.788 bits per heavy atom. The molecule has 0 amide bonds. The maximum atomic E-state index is 12.9. The molecular formula is C24H22ClN5O2S. The van der Waals surface area contributed by atoms with Crippen LogP contribution in [0.25, 0.3) is 16.4 Å². The number of halogens is 1. The number of aryl methyl sites for hydroxylation is 2. The van der Waals surface area contributed by atoms with Gasteiger partial charge in [0.1, 0.15) is 5.82 Å². The summed E-state index contributed by atoms with van der Waals surface area (Å²) in [5.41, 5.74) is 3.75. The van der Waals surface area contributed by atoms with E-state index in [0.29, 0.717) is 5.69 Å². The molecule has 0 saturated heterocycles. The van der Waals surface area contributed by atoms with Gasteiger partial charge in [-0.25, -0.2) is 13.4 Å². The Morgan fingerprint density at radius 2 is 1.48 bits per heavy atom. The Morgan fingerprint density at radius 3 is 2.24 bits per heavy atom. The highest BCUT2D eigenvalue weighted by atomic mass is 35.5. The number of anilines is 3. The van der Waals surface area contributed by atoms with Crippen LogP contribution in [0.1, 0.15) is 11.4 Å². The topological polar surface area (TPSA) is 88.4 Å². The van der Waals surface area contributed by atoms with Crippen molar-refractivity contribution >= 4 is 56.0 Å². The summed E-state index contributed by atoms with van der Waals surface area (Å²) >= 11 is 0. The molecule has 0 aliphatic rings. The minimum Gasteiger partial charge on any atom is -0.340 e. The molecule has 0 aliphatic carbocycles. The molecule has 7 nitrogen and oxygen atoms in total. The highest BCUT2D eigenvalue weighted by Gasteiger charge is 2.15. The van der Waals surface area contributed by atoms with Crippen LogP contribution in [0.5, 0.6) is 0 Å². The summed E-state index contributed by atoms with van der Waals surface area (Å²) in [5.74, 6) is 0.755. The molecule has 5 rings (SSSR count). The van der Waals surface area contributed by atoms with E-state index in [1.54, 1.807) is 34.8 Å². The fraction of sp³-hybridized carbons (Fsp3) is 0.0833. The molecule has 33 heavy (non-hydrogen) atoms. The first kappa shape index (κ1) is 22.6. The molecule has 2 heterocycles. The third-order valence-corrected chi connectivity index (χ3v) is 6.51. The van der Waals surface area contributed by atoms with Gasteiger partial charge < -0.3 is 5.32 Å². The van der Waals surface area contributed by atoms with Crippen LogP contribution in [0.4, 0.5) is 17.2 Å². The van der Waals surface area contributed by atoms with Crippen molar-refractivity contribution in [1.29, 1.82) is 0 Å². The van der Waals surface area contributed by atoms with Crippen molar-refractivity contribution in [3.63, 3.8) is 0 Å². The van der Waals surface area contributed by atoms with Crippen LogP contribution in [0.3, 0.4) is 0 Å². The Hall–Kier alpha value is -3.62. The molecule has 2 N–H and O–H groups in total. The fourth-order valence-electron chi connectivity index (χ4n) is 3.64. The zero-order valence-corrected chi connectivity index (χ0v) is 19.6. The SMILES string of the molecule is Cc1cc(Nc2ccc(S(=O)(=O)Nc3ccc4ccccc4c3)cc2)n2nc(C)cc2n1.Cl. The van der Waals surface area contributed by atoms with Gasteiger partial charge in [-0.05, 0) is 61.0 Å². The summed E-state index contributed by atoms with van der Waals surface area (Å²) in [6.07, 6.45) is 0. The highest BCUT2D eigenvalue weighted by Crippen LogP contribution is 2.24. The van der Waals surface area contributed by atoms with Crippen molar-refractivity contribution in [3.8, 4) is 0 Å². The first-order chi connectivity index (χ1) is 15.4. The minimum absolute atomic E-state index is 0. The van der Waals surface area contributed by atoms with E-state index in [9.17, 15) is 8.42 Å². The van der Waals surface area contributed by atoms with Gasteiger partial charge in [0.25, 0.3) is 10.0 Å². The van der Waals surface area contributed by atoms with Crippen LogP contribution in [0.2, 0.25) is 0 Å². The van der Waals surface area contributed by atoms with Crippen LogP contribution in [-0.2, 0) is 10.0 Å². The molecule has 5 aromatic rings. The molecule has 0 unspecified atom stereocenters. The lowest BCUT2D eigenvalue weighted by molar-refractivity contribution is 0.601. The van der Waals surface area contributed by atoms with Crippen molar-refractivity contribution < 1.29 is 8.42 Å². The largest absolute Gasteiger partial charge is 0.340 e. The number of aromatic nitrogens is 3. The van der Waals surface area contributed by atoms with Gasteiger partial charge in [0.2, 0.25) is 0 Å². The average molecular weight is 480 g/mol. The number of hydrogen-bond acceptors (Lipinski definition) is 5. The van der Waals surface area contributed by atoms with Crippen molar-refractivity contribution in [2.75, 3.05) is 10.0 Å². The molecule has 0 fully saturated rings. The third-order valence-electron chi connectivity index (χ3n) is 5.12. The monoisotopic (exact) mass is 479 g/mol. The van der Waals surface area contributed by atoms with Crippen molar-refractivity contribution in [2.45, 2.75) is 18.7 Å². The molecule has 9 heteroatoms. The second-order valence-corrected chi connectivity index (χ2v) is 9.34. The molecule has 2 aromatic heterocycles. The maximum Gasteiger partial charge on any atom is 0.261 e. The van der Waals surface area contributed by atoms with Gasteiger partial charge in [0, 0.05) is 29.2 Å². The van der Waals surface area contributed by atoms with Gasteiger partial charge in [-0.1, -0.05) is 30.3 Å². The number of nitrogens with zero attached hydrogens (tertiary/aromatic N) is 3. The van der Waals surface area contributed by atoms with Crippen LogP contribution < -0.4 is 10.0 Å². The van der Waals surface area contributed by atoms with Gasteiger partial charge in [-0.2, -0.15) is 9.61 Å². The summed E-state index contributed by atoms with van der Waals surface area (Å²) < 4.78 is 30.1. The highest BCUT2D eigenvalue weighted by molar-refractivity contribution is 7.92. The normalized spacial score (nSPS) is 11.3. The van der Waals surface area contributed by atoms with E-state index in [-0.39, 0.29) is 17.3 Å². The standard InChI is InChI=1S/C24H21N5O2S.ClH/c1-16-13-24(29-23(25-16)14-17(2)27-29)26-20-9-11-22(12-10-20)32(30,31)28-21-8-7-18-5-3-4-6-19(18)15-21;/h3-15,26,28H,1-2H3;1H. The molecule has 0 aliphatic heterocycles. The van der Waals surface area contributed by atoms with Crippen molar-refractivity contribution in [1.82, 2.24) is 14.6 Å². The Labute approximate surface area is 197 Å². The molecular weight excluding hydrogens is 458 g/mol. The lowest BCUT2D eigenvalue weighted by Gasteiger charge is -2.12. The molecule has 0 spiro atoms. The molecule has 0 atom stereocenters. The summed E-state index contributed by atoms with van der Waals surface area (Å²) in [4.78, 5) is 4.66. The zero-order chi connectivity index (χ0) is 22.3. The van der Waals surface area contributed by atoms with Gasteiger partial charge >= 0.3 is 0 Å². The van der Waals surface area contributed by atoms with E-state index < -0.39 is 10.0 Å². The van der Waals surface area contributed by atoms with Crippen LogP contribution in [0.15, 0.2) is 83.8 Å². The first-order valence-corrected chi connectivity index (χ1v) is 11.6. The van der Waals surface area contributed by atoms with Crippen molar-refractivity contribution in [2.24, 2.45) is 0 Å². The number of fused-ring (bicyclic) bond motifs is 2. The van der Waals surface area contributed by atoms with Crippen LogP contribution in [0, 0.1) is 13.8 Å². The summed E-state index contributed by atoms with van der Waals surface area (Å²) in [5, 5.41) is 9.78. The van der Waals surface area contributed by atoms with E-state index >= 15 is 0 Å². The van der Waals surface area contributed by atoms with E-state index in [0.717, 1.165) is 39.3 Å². The fourth-order valence-corrected chi connectivity index (χ4v) is 4.69. The Bertz CT molecular complexity index is 1560. The number of benzene rings is 3. The maximum absolute atomic E-state index is 12.9. The van der Waals surface area contributed by atoms with Gasteiger partial charge in [-0.15, -0.1) is 12.4 Å². The zero-order valence-electron chi connectivity index (χ0n) is 18.0. The van der Waals surface area contributed by atoms with Crippen LogP contribution in [-0.4, -0.2) is 23.0 Å². The molecule has 0 radical (unpaired) electrons. The van der Waals surface area contributed by atoms with Gasteiger partial charge in [-0.3, -0.25) is 4.72 Å². The quantitative estimate of drug-likeness (QED) is 0.349. The second-order valence-electron chi connectivity index (χ2n) is 7.66. The molecule has 168 valence electrons. The lowest BCUT2D eigenvalue weighted by atomic mass is 10.1. The van der Waals surface area contributed by atoms with E-state index in [1.165, 1.54) is 0 Å². The number of nitrogens with one attached hydrogen (secondary N) is 2. The van der Waals surface area contributed by atoms with Gasteiger partial charge in [0.15, 0.2) is 5.65 Å². The predicted octanol–water partition coefficient (Wildman–Crippen LogP) is 5.47. The van der Waals surface area contributed by atoms with Crippen LogP contribution >= 0.6 is 12.4 Å². The summed E-state index contributed by atoms with van der Waals surface area (Å²) in [7, 11) is -3.71. The minimum atomic E-state index is -3.71. The summed E-state index contributed by atoms with van der Waals surface area (Å²) in [6.45, 7) is 3.83. The Balaban J connectivity index is 0.00000259. The average Bonchev–Trinajstić information content (AvgIpc) is 3.14. The molecule has 3 aromatic carbocycles. The number of sulfonamides is 1. The van der Waals surface area contributed by atoms with E-state index in [1.807, 2.05) is 62.4 Å². The third kappa shape index (κ3) is 4.62. The summed E-state index contributed by atoms with van der Waals surface area (Å²) in [6, 6.07) is 23.7. The number of hydrogen-bond donors (Lipinski definition) is 2. The number of rotatable bonds is 5. The Kier molecular flexibility index (Phi) is 5.97. The molecule has 0 bridgehead atoms. The van der Waals surface area contributed by atoms with Crippen molar-refractivity contribution in [3.05, 3.63) is 90.3 Å². The predicted molar refractivity (Wildman–Crippen MR) is 134 cm³/mol. The second kappa shape index (κ2) is 8.73.